The zero-order valence-corrected chi connectivity index (χ0v) is 15.3. The normalized spacial score (nSPS) is 15.3. The van der Waals surface area contributed by atoms with E-state index in [1.807, 2.05) is 51.2 Å². The number of aromatic nitrogens is 2. The number of hydrogen-bond donors (Lipinski definition) is 1. The molecule has 0 unspecified atom stereocenters. The van der Waals surface area contributed by atoms with E-state index in [0.29, 0.717) is 24.3 Å². The van der Waals surface area contributed by atoms with Crippen LogP contribution < -0.4 is 5.32 Å². The molecule has 2 amide bonds. The summed E-state index contributed by atoms with van der Waals surface area (Å²) in [6, 6.07) is 7.76. The molecule has 4 heterocycles. The number of carbonyl (C=O) groups excluding carboxylic acids is 2. The van der Waals surface area contributed by atoms with Gasteiger partial charge in [-0.15, -0.1) is 0 Å². The highest BCUT2D eigenvalue weighted by Crippen LogP contribution is 2.16. The third kappa shape index (κ3) is 3.22. The maximum atomic E-state index is 12.8. The Bertz CT molecular complexity index is 940. The van der Waals surface area contributed by atoms with Crippen molar-refractivity contribution in [3.63, 3.8) is 0 Å². The van der Waals surface area contributed by atoms with Crippen molar-refractivity contribution in [2.75, 3.05) is 13.1 Å². The minimum absolute atomic E-state index is 0.0353. The molecule has 1 fully saturated rings. The summed E-state index contributed by atoms with van der Waals surface area (Å²) in [7, 11) is 0. The number of imidazole rings is 1. The second-order valence-corrected chi connectivity index (χ2v) is 7.35. The molecule has 134 valence electrons. The van der Waals surface area contributed by atoms with Crippen LogP contribution in [0.3, 0.4) is 0 Å². The van der Waals surface area contributed by atoms with E-state index in [0.717, 1.165) is 24.2 Å². The average Bonchev–Trinajstić information content (AvgIpc) is 3.32. The number of nitrogens with one attached hydrogen (secondary N) is 1. The van der Waals surface area contributed by atoms with Crippen molar-refractivity contribution < 1.29 is 9.59 Å². The summed E-state index contributed by atoms with van der Waals surface area (Å²) >= 11 is 1.51. The SMILES string of the molecule is Cc1cccc2nc(C(=O)N3CCC(NC(=O)c4ccsc4)CC3)cn12. The van der Waals surface area contributed by atoms with Gasteiger partial charge in [-0.25, -0.2) is 4.98 Å². The monoisotopic (exact) mass is 368 g/mol. The number of likely N-dealkylation sites (tertiary alicyclic amines) is 1. The molecule has 1 aliphatic rings. The van der Waals surface area contributed by atoms with Crippen LogP contribution in [0.25, 0.3) is 5.65 Å². The molecule has 0 saturated carbocycles. The summed E-state index contributed by atoms with van der Waals surface area (Å²) in [6.45, 7) is 3.24. The average molecular weight is 368 g/mol. The van der Waals surface area contributed by atoms with Gasteiger partial charge in [0, 0.05) is 42.0 Å². The largest absolute Gasteiger partial charge is 0.349 e. The summed E-state index contributed by atoms with van der Waals surface area (Å²) in [5.41, 5.74) is 3.00. The van der Waals surface area contributed by atoms with Crippen LogP contribution in [-0.2, 0) is 0 Å². The fourth-order valence-electron chi connectivity index (χ4n) is 3.30. The van der Waals surface area contributed by atoms with E-state index in [1.54, 1.807) is 6.20 Å². The second kappa shape index (κ2) is 6.92. The Kier molecular flexibility index (Phi) is 4.46. The Hall–Kier alpha value is -2.67. The van der Waals surface area contributed by atoms with Gasteiger partial charge < -0.3 is 14.6 Å². The lowest BCUT2D eigenvalue weighted by Gasteiger charge is -2.31. The van der Waals surface area contributed by atoms with E-state index in [1.165, 1.54) is 11.3 Å². The Balaban J connectivity index is 1.38. The van der Waals surface area contributed by atoms with Crippen LogP contribution >= 0.6 is 11.3 Å². The molecule has 1 aliphatic heterocycles. The van der Waals surface area contributed by atoms with Gasteiger partial charge in [-0.05, 0) is 43.3 Å². The smallest absolute Gasteiger partial charge is 0.274 e. The summed E-state index contributed by atoms with van der Waals surface area (Å²) in [5.74, 6) is -0.0810. The molecule has 4 rings (SSSR count). The fourth-order valence-corrected chi connectivity index (χ4v) is 3.94. The molecule has 26 heavy (non-hydrogen) atoms. The molecular weight excluding hydrogens is 348 g/mol. The molecule has 7 heteroatoms. The quantitative estimate of drug-likeness (QED) is 0.773. The predicted octanol–water partition coefficient (Wildman–Crippen LogP) is 2.74. The highest BCUT2D eigenvalue weighted by atomic mass is 32.1. The minimum atomic E-state index is -0.0456. The molecule has 0 aliphatic carbocycles. The molecule has 1 N–H and O–H groups in total. The van der Waals surface area contributed by atoms with Gasteiger partial charge >= 0.3 is 0 Å². The van der Waals surface area contributed by atoms with E-state index in [2.05, 4.69) is 10.3 Å². The van der Waals surface area contributed by atoms with Gasteiger partial charge in [0.15, 0.2) is 0 Å². The van der Waals surface area contributed by atoms with E-state index >= 15 is 0 Å². The molecule has 6 nitrogen and oxygen atoms in total. The molecule has 0 atom stereocenters. The van der Waals surface area contributed by atoms with E-state index in [-0.39, 0.29) is 17.9 Å². The standard InChI is InChI=1S/C19H20N4O2S/c1-13-3-2-4-17-21-16(11-23(13)17)19(25)22-8-5-15(6-9-22)20-18(24)14-7-10-26-12-14/h2-4,7,10-12,15H,5-6,8-9H2,1H3,(H,20,24). The summed E-state index contributed by atoms with van der Waals surface area (Å²) in [4.78, 5) is 31.2. The minimum Gasteiger partial charge on any atom is -0.349 e. The lowest BCUT2D eigenvalue weighted by Crippen LogP contribution is -2.46. The van der Waals surface area contributed by atoms with E-state index in [9.17, 15) is 9.59 Å². The molecule has 1 saturated heterocycles. The van der Waals surface area contributed by atoms with Crippen molar-refractivity contribution in [2.24, 2.45) is 0 Å². The summed E-state index contributed by atoms with van der Waals surface area (Å²) in [6.07, 6.45) is 3.32. The number of nitrogens with zero attached hydrogens (tertiary/aromatic N) is 3. The highest BCUT2D eigenvalue weighted by Gasteiger charge is 2.26. The Morgan fingerprint density at radius 1 is 1.23 bits per heavy atom. The third-order valence-electron chi connectivity index (χ3n) is 4.82. The van der Waals surface area contributed by atoms with Gasteiger partial charge in [0.2, 0.25) is 0 Å². The third-order valence-corrected chi connectivity index (χ3v) is 5.50. The molecule has 3 aromatic heterocycles. The van der Waals surface area contributed by atoms with Gasteiger partial charge in [0.1, 0.15) is 11.3 Å². The van der Waals surface area contributed by atoms with Gasteiger partial charge in [0.05, 0.1) is 0 Å². The first-order chi connectivity index (χ1) is 12.6. The number of aryl methyl sites for hydroxylation is 1. The second-order valence-electron chi connectivity index (χ2n) is 6.57. The van der Waals surface area contributed by atoms with Crippen LogP contribution in [0, 0.1) is 6.92 Å². The van der Waals surface area contributed by atoms with Gasteiger partial charge in [0.25, 0.3) is 11.8 Å². The van der Waals surface area contributed by atoms with E-state index < -0.39 is 0 Å². The zero-order chi connectivity index (χ0) is 18.1. The fraction of sp³-hybridized carbons (Fsp3) is 0.316. The number of thiophene rings is 1. The van der Waals surface area contributed by atoms with Crippen LogP contribution in [0.15, 0.2) is 41.2 Å². The molecule has 0 spiro atoms. The van der Waals surface area contributed by atoms with Gasteiger partial charge in [-0.3, -0.25) is 9.59 Å². The first-order valence-corrected chi connectivity index (χ1v) is 9.63. The lowest BCUT2D eigenvalue weighted by molar-refractivity contribution is 0.0693. The van der Waals surface area contributed by atoms with Gasteiger partial charge in [-0.1, -0.05) is 6.07 Å². The van der Waals surface area contributed by atoms with Crippen molar-refractivity contribution in [3.05, 3.63) is 58.2 Å². The van der Waals surface area contributed by atoms with Crippen molar-refractivity contribution in [3.8, 4) is 0 Å². The van der Waals surface area contributed by atoms with Crippen LogP contribution in [0.2, 0.25) is 0 Å². The number of hydrogen-bond acceptors (Lipinski definition) is 4. The van der Waals surface area contributed by atoms with E-state index in [4.69, 9.17) is 0 Å². The van der Waals surface area contributed by atoms with Crippen LogP contribution in [0.4, 0.5) is 0 Å². The molecule has 0 aromatic carbocycles. The number of piperidine rings is 1. The number of fused-ring (bicyclic) bond motifs is 1. The van der Waals surface area contributed by atoms with Crippen molar-refractivity contribution >= 4 is 28.8 Å². The number of carbonyl (C=O) groups is 2. The van der Waals surface area contributed by atoms with Crippen molar-refractivity contribution in [1.29, 1.82) is 0 Å². The number of rotatable bonds is 3. The van der Waals surface area contributed by atoms with Crippen molar-refractivity contribution in [2.45, 2.75) is 25.8 Å². The predicted molar refractivity (Wildman–Crippen MR) is 101 cm³/mol. The van der Waals surface area contributed by atoms with Crippen LogP contribution in [-0.4, -0.2) is 45.2 Å². The summed E-state index contributed by atoms with van der Waals surface area (Å²) in [5, 5.41) is 6.80. The lowest BCUT2D eigenvalue weighted by atomic mass is 10.0. The Morgan fingerprint density at radius 3 is 2.73 bits per heavy atom. The maximum absolute atomic E-state index is 12.8. The summed E-state index contributed by atoms with van der Waals surface area (Å²) < 4.78 is 1.93. The molecular formula is C19H20N4O2S. The first-order valence-electron chi connectivity index (χ1n) is 8.69. The molecule has 0 bridgehead atoms. The number of amides is 2. The topological polar surface area (TPSA) is 66.7 Å². The molecule has 3 aromatic rings. The van der Waals surface area contributed by atoms with Crippen LogP contribution in [0.5, 0.6) is 0 Å². The number of pyridine rings is 1. The zero-order valence-electron chi connectivity index (χ0n) is 14.5. The molecule has 0 radical (unpaired) electrons. The maximum Gasteiger partial charge on any atom is 0.274 e. The van der Waals surface area contributed by atoms with Gasteiger partial charge in [-0.2, -0.15) is 11.3 Å². The Labute approximate surface area is 155 Å². The van der Waals surface area contributed by atoms with Crippen molar-refractivity contribution in [1.82, 2.24) is 19.6 Å². The highest BCUT2D eigenvalue weighted by molar-refractivity contribution is 7.08. The first kappa shape index (κ1) is 16.8. The van der Waals surface area contributed by atoms with Crippen LogP contribution in [0.1, 0.15) is 39.4 Å². The Morgan fingerprint density at radius 2 is 2.04 bits per heavy atom.